The number of rotatable bonds is 9. The van der Waals surface area contributed by atoms with Crippen LogP contribution in [0, 0.1) is 23.6 Å². The Kier molecular flexibility index (Phi) is 9.24. The molecule has 206 valence electrons. The van der Waals surface area contributed by atoms with Crippen molar-refractivity contribution < 1.29 is 13.9 Å². The number of pyridine rings is 1. The highest BCUT2D eigenvalue weighted by Gasteiger charge is 2.42. The molecule has 0 radical (unpaired) electrons. The Morgan fingerprint density at radius 1 is 1.08 bits per heavy atom. The lowest BCUT2D eigenvalue weighted by molar-refractivity contribution is -0.133. The molecule has 3 aliphatic rings. The average Bonchev–Trinajstić information content (AvgIpc) is 3.61. The Balaban J connectivity index is 1.05. The van der Waals surface area contributed by atoms with Crippen molar-refractivity contribution in [2.75, 3.05) is 19.7 Å². The molecule has 1 aromatic carbocycles. The van der Waals surface area contributed by atoms with Crippen LogP contribution in [-0.2, 0) is 17.6 Å². The van der Waals surface area contributed by atoms with Gasteiger partial charge in [0.15, 0.2) is 0 Å². The smallest absolute Gasteiger partial charge is 0.227 e. The molecule has 1 amide bonds. The topological polar surface area (TPSA) is 42.4 Å². The van der Waals surface area contributed by atoms with E-state index >= 15 is 0 Å². The number of hydrogen-bond donors (Lipinski definition) is 0. The first-order chi connectivity index (χ1) is 18.5. The maximum atomic E-state index is 14.5. The number of hydrogen-bond acceptors (Lipinski definition) is 3. The maximum absolute atomic E-state index is 14.5. The third-order valence-electron chi connectivity index (χ3n) is 9.16. The quantitative estimate of drug-likeness (QED) is 0.326. The number of ether oxygens (including phenoxy) is 1. The number of likely N-dealkylation sites (tertiary alicyclic amines) is 1. The molecule has 0 bridgehead atoms. The fourth-order valence-electron chi connectivity index (χ4n) is 6.67. The van der Waals surface area contributed by atoms with Gasteiger partial charge in [-0.3, -0.25) is 9.78 Å². The van der Waals surface area contributed by atoms with E-state index < -0.39 is 0 Å². The SMILES string of the molecule is CCc1cc(Cl)cnc1C1CCCCC(C2CC2CCOc2ccc(CC(=O)N3CCC3)c(F)c2)CCC1. The van der Waals surface area contributed by atoms with E-state index in [2.05, 4.69) is 13.0 Å². The molecule has 4 nitrogen and oxygen atoms in total. The predicted molar refractivity (Wildman–Crippen MR) is 150 cm³/mol. The number of carbonyl (C=O) groups excluding carboxylic acids is 1. The van der Waals surface area contributed by atoms with Crippen LogP contribution in [0.2, 0.25) is 5.02 Å². The lowest BCUT2D eigenvalue weighted by Crippen LogP contribution is -2.42. The van der Waals surface area contributed by atoms with Gasteiger partial charge >= 0.3 is 0 Å². The molecule has 6 heteroatoms. The van der Waals surface area contributed by atoms with E-state index in [9.17, 15) is 9.18 Å². The Bertz CT molecular complexity index is 1100. The molecule has 1 aliphatic heterocycles. The van der Waals surface area contributed by atoms with Crippen LogP contribution in [0.1, 0.15) is 93.9 Å². The molecule has 5 rings (SSSR count). The van der Waals surface area contributed by atoms with Crippen molar-refractivity contribution in [2.45, 2.75) is 89.9 Å². The van der Waals surface area contributed by atoms with Gasteiger partial charge in [-0.2, -0.15) is 0 Å². The lowest BCUT2D eigenvalue weighted by atomic mass is 9.88. The van der Waals surface area contributed by atoms with Gasteiger partial charge in [-0.1, -0.05) is 56.7 Å². The van der Waals surface area contributed by atoms with E-state index in [1.54, 1.807) is 17.0 Å². The second-order valence-corrected chi connectivity index (χ2v) is 12.1. The molecule has 3 fully saturated rings. The molecule has 0 N–H and O–H groups in total. The summed E-state index contributed by atoms with van der Waals surface area (Å²) in [4.78, 5) is 18.7. The van der Waals surface area contributed by atoms with E-state index in [0.717, 1.165) is 55.1 Å². The van der Waals surface area contributed by atoms with Gasteiger partial charge in [0.25, 0.3) is 0 Å². The molecule has 2 saturated carbocycles. The summed E-state index contributed by atoms with van der Waals surface area (Å²) in [7, 11) is 0. The van der Waals surface area contributed by atoms with E-state index in [-0.39, 0.29) is 18.1 Å². The van der Waals surface area contributed by atoms with Crippen molar-refractivity contribution in [1.82, 2.24) is 9.88 Å². The summed E-state index contributed by atoms with van der Waals surface area (Å²) in [6.45, 7) is 4.42. The minimum absolute atomic E-state index is 0.0105. The highest BCUT2D eigenvalue weighted by Crippen LogP contribution is 2.50. The number of carbonyl (C=O) groups is 1. The molecule has 2 aromatic rings. The van der Waals surface area contributed by atoms with Crippen molar-refractivity contribution in [1.29, 1.82) is 0 Å². The summed E-state index contributed by atoms with van der Waals surface area (Å²) in [6.07, 6.45) is 15.3. The minimum Gasteiger partial charge on any atom is -0.493 e. The summed E-state index contributed by atoms with van der Waals surface area (Å²) in [5.74, 6) is 3.17. The van der Waals surface area contributed by atoms with Crippen LogP contribution in [0.3, 0.4) is 0 Å². The highest BCUT2D eigenvalue weighted by molar-refractivity contribution is 6.30. The van der Waals surface area contributed by atoms with Gasteiger partial charge in [0, 0.05) is 37.0 Å². The molecular formula is C32H42ClFN2O2. The normalized spacial score (nSPS) is 25.6. The largest absolute Gasteiger partial charge is 0.493 e. The lowest BCUT2D eigenvalue weighted by Gasteiger charge is -2.31. The van der Waals surface area contributed by atoms with Crippen LogP contribution < -0.4 is 4.74 Å². The minimum atomic E-state index is -0.343. The Morgan fingerprint density at radius 3 is 2.63 bits per heavy atom. The fourth-order valence-corrected chi connectivity index (χ4v) is 6.85. The Hall–Kier alpha value is -2.14. The number of benzene rings is 1. The van der Waals surface area contributed by atoms with Crippen molar-refractivity contribution >= 4 is 17.5 Å². The first-order valence-electron chi connectivity index (χ1n) is 14.8. The summed E-state index contributed by atoms with van der Waals surface area (Å²) in [5, 5.41) is 0.744. The number of halogens is 2. The molecular weight excluding hydrogens is 499 g/mol. The van der Waals surface area contributed by atoms with E-state index in [4.69, 9.17) is 21.3 Å². The molecule has 1 saturated heterocycles. The summed E-state index contributed by atoms with van der Waals surface area (Å²) < 4.78 is 20.5. The Labute approximate surface area is 232 Å². The summed E-state index contributed by atoms with van der Waals surface area (Å²) >= 11 is 6.21. The number of amides is 1. The van der Waals surface area contributed by atoms with Crippen molar-refractivity contribution in [2.24, 2.45) is 17.8 Å². The van der Waals surface area contributed by atoms with Crippen molar-refractivity contribution in [3.63, 3.8) is 0 Å². The van der Waals surface area contributed by atoms with E-state index in [0.29, 0.717) is 23.8 Å². The maximum Gasteiger partial charge on any atom is 0.227 e. The molecule has 4 unspecified atom stereocenters. The third-order valence-corrected chi connectivity index (χ3v) is 9.36. The monoisotopic (exact) mass is 540 g/mol. The van der Waals surface area contributed by atoms with Crippen LogP contribution in [-0.4, -0.2) is 35.5 Å². The zero-order valence-electron chi connectivity index (χ0n) is 22.8. The zero-order valence-corrected chi connectivity index (χ0v) is 23.5. The molecule has 0 spiro atoms. The van der Waals surface area contributed by atoms with Crippen LogP contribution >= 0.6 is 11.6 Å². The summed E-state index contributed by atoms with van der Waals surface area (Å²) in [5.41, 5.74) is 3.05. The van der Waals surface area contributed by atoms with Gasteiger partial charge in [0.1, 0.15) is 11.6 Å². The molecule has 2 heterocycles. The van der Waals surface area contributed by atoms with Crippen molar-refractivity contribution in [3.05, 3.63) is 58.1 Å². The van der Waals surface area contributed by atoms with Gasteiger partial charge in [-0.25, -0.2) is 4.39 Å². The molecule has 38 heavy (non-hydrogen) atoms. The van der Waals surface area contributed by atoms with Gasteiger partial charge in [-0.15, -0.1) is 0 Å². The number of aryl methyl sites for hydroxylation is 1. The van der Waals surface area contributed by atoms with E-state index in [1.807, 2.05) is 6.20 Å². The van der Waals surface area contributed by atoms with Gasteiger partial charge in [0.2, 0.25) is 5.91 Å². The van der Waals surface area contributed by atoms with E-state index in [1.165, 1.54) is 68.7 Å². The number of aromatic nitrogens is 1. The van der Waals surface area contributed by atoms with Gasteiger partial charge in [0.05, 0.1) is 18.1 Å². The van der Waals surface area contributed by atoms with Crippen LogP contribution in [0.5, 0.6) is 5.75 Å². The first kappa shape index (κ1) is 27.4. The average molecular weight is 541 g/mol. The van der Waals surface area contributed by atoms with Crippen LogP contribution in [0.15, 0.2) is 30.5 Å². The van der Waals surface area contributed by atoms with Crippen LogP contribution in [0.4, 0.5) is 4.39 Å². The van der Waals surface area contributed by atoms with Gasteiger partial charge in [-0.05, 0) is 79.5 Å². The first-order valence-corrected chi connectivity index (χ1v) is 15.2. The molecule has 2 aliphatic carbocycles. The predicted octanol–water partition coefficient (Wildman–Crippen LogP) is 7.76. The number of nitrogens with zero attached hydrogens (tertiary/aromatic N) is 2. The highest BCUT2D eigenvalue weighted by atomic mass is 35.5. The summed E-state index contributed by atoms with van der Waals surface area (Å²) in [6, 6.07) is 7.06. The van der Waals surface area contributed by atoms with Crippen molar-refractivity contribution in [3.8, 4) is 5.75 Å². The molecule has 4 atom stereocenters. The Morgan fingerprint density at radius 2 is 1.87 bits per heavy atom. The molecule has 1 aromatic heterocycles. The van der Waals surface area contributed by atoms with Crippen LogP contribution in [0.25, 0.3) is 0 Å². The fraction of sp³-hybridized carbons (Fsp3) is 0.625. The standard InChI is InChI=1S/C32H42ClFN2O2/c1-2-22-17-27(33)21-35-32(22)24-8-4-3-7-23(9-5-10-24)29-18-25(29)13-16-38-28-12-11-26(30(34)20-28)19-31(37)36-14-6-15-36/h11-12,17,20-21,23-25,29H,2-10,13-16,18-19H2,1H3. The second-order valence-electron chi connectivity index (χ2n) is 11.7. The zero-order chi connectivity index (χ0) is 26.5. The van der Waals surface area contributed by atoms with Gasteiger partial charge < -0.3 is 9.64 Å². The second kappa shape index (κ2) is 12.8. The third kappa shape index (κ3) is 6.89.